The van der Waals surface area contributed by atoms with Gasteiger partial charge in [0.1, 0.15) is 11.4 Å². The van der Waals surface area contributed by atoms with Gasteiger partial charge >= 0.3 is 6.16 Å². The Morgan fingerprint density at radius 1 is 0.829 bits per heavy atom. The average Bonchev–Trinajstić information content (AvgIpc) is 3.44. The Kier molecular flexibility index (Phi) is 7.10. The third-order valence-electron chi connectivity index (χ3n) is 5.96. The maximum Gasteiger partial charge on any atom is 0.613 e. The summed E-state index contributed by atoms with van der Waals surface area (Å²) in [5, 5.41) is 21.2. The lowest BCUT2D eigenvalue weighted by molar-refractivity contribution is -0.369. The van der Waals surface area contributed by atoms with E-state index in [1.54, 1.807) is 27.3 Å². The van der Waals surface area contributed by atoms with Crippen LogP contribution in [0.4, 0.5) is 27.1 Å². The number of thiazole rings is 2. The molecule has 0 saturated heterocycles. The Morgan fingerprint density at radius 2 is 1.37 bits per heavy atom. The molecule has 17 heteroatoms. The molecule has 41 heavy (non-hydrogen) atoms. The zero-order chi connectivity index (χ0) is 28.7. The van der Waals surface area contributed by atoms with Crippen molar-refractivity contribution in [2.24, 2.45) is 25.7 Å². The molecule has 4 heterocycles. The molecule has 0 fully saturated rings. The highest BCUT2D eigenvalue weighted by atomic mass is 32.2. The van der Waals surface area contributed by atoms with Gasteiger partial charge in [-0.2, -0.15) is 0 Å². The number of hydrogen-bond donors (Lipinski definition) is 1. The average molecular weight is 629 g/mol. The lowest BCUT2D eigenvalue weighted by atomic mass is 10.2. The first kappa shape index (κ1) is 27.1. The van der Waals surface area contributed by atoms with Crippen LogP contribution in [0, 0.1) is 19.7 Å². The van der Waals surface area contributed by atoms with Gasteiger partial charge in [-0.05, 0) is 81.1 Å². The number of hydrogen-bond acceptors (Lipinski definition) is 14. The highest BCUT2D eigenvalue weighted by molar-refractivity contribution is 7.73. The molecule has 6 rings (SSSR count). The molecule has 1 spiro atoms. The number of aryl methyl sites for hydroxylation is 1. The normalized spacial score (nSPS) is 16.9. The highest BCUT2D eigenvalue weighted by Crippen LogP contribution is 2.48. The van der Waals surface area contributed by atoms with Crippen LogP contribution in [-0.4, -0.2) is 15.3 Å². The molecule has 1 unspecified atom stereocenters. The highest BCUT2D eigenvalue weighted by Gasteiger charge is 2.49. The van der Waals surface area contributed by atoms with Crippen LogP contribution >= 0.6 is 47.1 Å². The maximum absolute atomic E-state index is 10.9. The Morgan fingerprint density at radius 3 is 1.90 bits per heavy atom. The Hall–Kier alpha value is -4.06. The Bertz CT molecular complexity index is 1860. The summed E-state index contributed by atoms with van der Waals surface area (Å²) in [7, 11) is 0. The van der Waals surface area contributed by atoms with Crippen molar-refractivity contribution in [3.05, 3.63) is 54.8 Å². The Balaban J connectivity index is 1.65. The largest absolute Gasteiger partial charge is 0.613 e. The van der Waals surface area contributed by atoms with E-state index in [1.165, 1.54) is 28.7 Å². The number of anilines is 1. The zero-order valence-electron chi connectivity index (χ0n) is 21.7. The second-order valence-corrected chi connectivity index (χ2v) is 11.9. The standard InChI is InChI=1S/C24H20N8O5S4/c1-4-31-20-18(40-22(31)38)28-26-14-10-12(3)6-8-16(14)34-24(36-20)35-17-9-7-13(25-30-33)11-15(17)27-29-19-21(37-24)32(5-2)23(39)41-19/h6-11H,4-5H2,1-3H3,(H,25,33). The van der Waals surface area contributed by atoms with E-state index in [4.69, 9.17) is 43.4 Å². The number of fused-ring (bicyclic) bond motifs is 4. The lowest BCUT2D eigenvalue weighted by Gasteiger charge is -2.32. The van der Waals surface area contributed by atoms with Gasteiger partial charge in [0.2, 0.25) is 21.8 Å². The van der Waals surface area contributed by atoms with Crippen LogP contribution in [-0.2, 0) is 13.1 Å². The minimum atomic E-state index is -2.32. The molecule has 0 amide bonds. The molecule has 13 nitrogen and oxygen atoms in total. The number of nitrogens with one attached hydrogen (secondary N) is 1. The first-order valence-corrected chi connectivity index (χ1v) is 14.7. The van der Waals surface area contributed by atoms with Gasteiger partial charge < -0.3 is 18.9 Å². The van der Waals surface area contributed by atoms with Gasteiger partial charge in [0.25, 0.3) is 0 Å². The molecule has 4 aromatic rings. The van der Waals surface area contributed by atoms with Crippen molar-refractivity contribution >= 4 is 74.2 Å². The number of nitroso groups, excluding NO2 is 1. The SMILES string of the molecule is CCn1c2c(sc1=S)N=Nc1cc(C)ccc1OC1(Oc3ccc(NN=O)cc3N=Nc3sc(=S)n(CC)c3O1)O2. The van der Waals surface area contributed by atoms with Gasteiger partial charge in [-0.3, -0.25) is 9.13 Å². The van der Waals surface area contributed by atoms with Crippen LogP contribution in [0.5, 0.6) is 23.3 Å². The quantitative estimate of drug-likeness (QED) is 0.134. The van der Waals surface area contributed by atoms with E-state index in [0.717, 1.165) is 5.56 Å². The van der Waals surface area contributed by atoms with E-state index in [9.17, 15) is 4.91 Å². The summed E-state index contributed by atoms with van der Waals surface area (Å²) in [6.07, 6.45) is -2.32. The number of azo groups is 2. The molecule has 0 saturated carbocycles. The van der Waals surface area contributed by atoms with Crippen molar-refractivity contribution in [3.63, 3.8) is 0 Å². The van der Waals surface area contributed by atoms with Gasteiger partial charge in [0.05, 0.1) is 11.0 Å². The number of rotatable bonds is 4. The lowest BCUT2D eigenvalue weighted by Crippen LogP contribution is -2.54. The summed E-state index contributed by atoms with van der Waals surface area (Å²) in [6.45, 7) is 6.68. The van der Waals surface area contributed by atoms with Crippen LogP contribution < -0.4 is 24.4 Å². The molecule has 2 aromatic carbocycles. The van der Waals surface area contributed by atoms with Gasteiger partial charge in [0.15, 0.2) is 19.4 Å². The molecule has 0 bridgehead atoms. The summed E-state index contributed by atoms with van der Waals surface area (Å²) in [4.78, 5) is 10.9. The van der Waals surface area contributed by atoms with Crippen molar-refractivity contribution in [1.82, 2.24) is 9.13 Å². The van der Waals surface area contributed by atoms with E-state index in [-0.39, 0.29) is 28.9 Å². The van der Waals surface area contributed by atoms with Crippen molar-refractivity contribution in [1.29, 1.82) is 0 Å². The number of benzene rings is 2. The summed E-state index contributed by atoms with van der Waals surface area (Å²) in [5.41, 5.74) is 4.31. The number of nitrogens with zero attached hydrogens (tertiary/aromatic N) is 7. The first-order valence-electron chi connectivity index (χ1n) is 12.2. The molecule has 1 N–H and O–H groups in total. The van der Waals surface area contributed by atoms with Crippen molar-refractivity contribution in [2.75, 3.05) is 5.43 Å². The summed E-state index contributed by atoms with van der Waals surface area (Å²) >= 11 is 13.6. The molecule has 210 valence electrons. The maximum atomic E-state index is 10.9. The van der Waals surface area contributed by atoms with Crippen molar-refractivity contribution in [3.8, 4) is 23.3 Å². The fraction of sp³-hybridized carbons (Fsp3) is 0.250. The van der Waals surface area contributed by atoms with E-state index in [0.29, 0.717) is 42.4 Å². The molecule has 2 aromatic heterocycles. The van der Waals surface area contributed by atoms with Crippen LogP contribution in [0.25, 0.3) is 0 Å². The molecular weight excluding hydrogens is 609 g/mol. The third-order valence-corrected chi connectivity index (χ3v) is 8.59. The third kappa shape index (κ3) is 5.01. The second-order valence-electron chi connectivity index (χ2n) is 8.61. The summed E-state index contributed by atoms with van der Waals surface area (Å²) in [5.74, 6) is 0.884. The predicted octanol–water partition coefficient (Wildman–Crippen LogP) is 9.00. The van der Waals surface area contributed by atoms with Gasteiger partial charge in [-0.25, -0.2) is 5.43 Å². The van der Waals surface area contributed by atoms with E-state index < -0.39 is 6.16 Å². The topological polar surface area (TPSA) is 138 Å². The monoisotopic (exact) mass is 628 g/mol. The van der Waals surface area contributed by atoms with Crippen molar-refractivity contribution in [2.45, 2.75) is 40.0 Å². The molecule has 0 aliphatic carbocycles. The predicted molar refractivity (Wildman–Crippen MR) is 158 cm³/mol. The van der Waals surface area contributed by atoms with E-state index in [2.05, 4.69) is 31.2 Å². The van der Waals surface area contributed by atoms with Crippen LogP contribution in [0.2, 0.25) is 0 Å². The van der Waals surface area contributed by atoms with E-state index >= 15 is 0 Å². The molecule has 2 aliphatic rings. The number of aromatic nitrogens is 2. The molecule has 1 atom stereocenters. The fourth-order valence-corrected chi connectivity index (χ4v) is 6.57. The minimum Gasteiger partial charge on any atom is -0.384 e. The van der Waals surface area contributed by atoms with Gasteiger partial charge in [0, 0.05) is 13.1 Å². The second kappa shape index (κ2) is 10.7. The molecule has 2 aliphatic heterocycles. The van der Waals surface area contributed by atoms with Gasteiger partial charge in [-0.1, -0.05) is 28.7 Å². The Labute approximate surface area is 250 Å². The molecule has 0 radical (unpaired) electrons. The summed E-state index contributed by atoms with van der Waals surface area (Å²) in [6, 6.07) is 10.1. The van der Waals surface area contributed by atoms with Crippen LogP contribution in [0.3, 0.4) is 0 Å². The molecular formula is C24H20N8O5S4. The number of ether oxygens (including phenoxy) is 4. The van der Waals surface area contributed by atoms with Crippen LogP contribution in [0.15, 0.2) is 62.1 Å². The first-order chi connectivity index (χ1) is 19.8. The fourth-order valence-electron chi connectivity index (χ4n) is 4.05. The van der Waals surface area contributed by atoms with Crippen LogP contribution in [0.1, 0.15) is 19.4 Å². The van der Waals surface area contributed by atoms with Crippen molar-refractivity contribution < 1.29 is 18.9 Å². The van der Waals surface area contributed by atoms with E-state index in [1.807, 2.05) is 32.9 Å². The minimum absolute atomic E-state index is 0.169. The smallest absolute Gasteiger partial charge is 0.384 e. The zero-order valence-corrected chi connectivity index (χ0v) is 24.9. The van der Waals surface area contributed by atoms with Gasteiger partial charge in [-0.15, -0.1) is 25.4 Å². The summed E-state index contributed by atoms with van der Waals surface area (Å²) < 4.78 is 30.5.